The molecule has 1 aliphatic carbocycles. The van der Waals surface area contributed by atoms with E-state index in [9.17, 15) is 0 Å². The molecule has 0 unspecified atom stereocenters. The maximum Gasteiger partial charge on any atom is 0.135 e. The van der Waals surface area contributed by atoms with Gasteiger partial charge in [0.25, 0.3) is 0 Å². The molecule has 0 saturated carbocycles. The van der Waals surface area contributed by atoms with E-state index in [0.29, 0.717) is 0 Å². The molecule has 224 valence electrons. The number of nitrogens with zero attached hydrogens (tertiary/aromatic N) is 1. The molecule has 0 fully saturated rings. The smallest absolute Gasteiger partial charge is 0.135 e. The largest absolute Gasteiger partial charge is 0.456 e. The Hall–Kier alpha value is -5.86. The Labute approximate surface area is 275 Å². The average molecular weight is 604 g/mol. The highest BCUT2D eigenvalue weighted by Crippen LogP contribution is 2.53. The van der Waals surface area contributed by atoms with E-state index in [4.69, 9.17) is 4.42 Å². The van der Waals surface area contributed by atoms with E-state index in [-0.39, 0.29) is 5.41 Å². The molecule has 0 radical (unpaired) electrons. The molecule has 2 nitrogen and oxygen atoms in total. The molecule has 0 atom stereocenters. The maximum absolute atomic E-state index is 6.22. The highest BCUT2D eigenvalue weighted by Gasteiger charge is 2.37. The van der Waals surface area contributed by atoms with Crippen LogP contribution in [0, 0.1) is 0 Å². The Balaban J connectivity index is 1.25. The summed E-state index contributed by atoms with van der Waals surface area (Å²) >= 11 is 0. The first kappa shape index (κ1) is 27.5. The topological polar surface area (TPSA) is 16.4 Å². The SMILES string of the molecule is CC1(C)c2ccc(N(c3ccc(-c4ccccc4)cc3)c3ccc4oc5ccccc5c4c3)cc2-c2c(-c3ccccc3)cccc21. The van der Waals surface area contributed by atoms with E-state index in [2.05, 4.69) is 170 Å². The summed E-state index contributed by atoms with van der Waals surface area (Å²) in [4.78, 5) is 2.38. The highest BCUT2D eigenvalue weighted by atomic mass is 16.3. The Kier molecular flexibility index (Phi) is 6.20. The summed E-state index contributed by atoms with van der Waals surface area (Å²) in [6.45, 7) is 4.70. The van der Waals surface area contributed by atoms with Crippen LogP contribution in [0.25, 0.3) is 55.3 Å². The molecule has 0 spiro atoms. The van der Waals surface area contributed by atoms with E-state index < -0.39 is 0 Å². The molecule has 7 aromatic carbocycles. The molecule has 1 heterocycles. The van der Waals surface area contributed by atoms with Crippen LogP contribution in [-0.4, -0.2) is 0 Å². The number of para-hydroxylation sites is 1. The van der Waals surface area contributed by atoms with Crippen LogP contribution in [0.2, 0.25) is 0 Å². The zero-order valence-corrected chi connectivity index (χ0v) is 26.4. The van der Waals surface area contributed by atoms with E-state index in [0.717, 1.165) is 39.0 Å². The lowest BCUT2D eigenvalue weighted by Crippen LogP contribution is -2.15. The summed E-state index contributed by atoms with van der Waals surface area (Å²) in [6, 6.07) is 58.9. The summed E-state index contributed by atoms with van der Waals surface area (Å²) in [5.74, 6) is 0. The third kappa shape index (κ3) is 4.40. The zero-order valence-electron chi connectivity index (χ0n) is 26.4. The molecule has 9 rings (SSSR count). The second kappa shape index (κ2) is 10.6. The summed E-state index contributed by atoms with van der Waals surface area (Å²) in [5, 5.41) is 2.24. The van der Waals surface area contributed by atoms with Gasteiger partial charge in [0.05, 0.1) is 0 Å². The van der Waals surface area contributed by atoms with Crippen LogP contribution in [-0.2, 0) is 5.41 Å². The van der Waals surface area contributed by atoms with Crippen LogP contribution >= 0.6 is 0 Å². The summed E-state index contributed by atoms with van der Waals surface area (Å²) in [7, 11) is 0. The lowest BCUT2D eigenvalue weighted by Gasteiger charge is -2.27. The van der Waals surface area contributed by atoms with Gasteiger partial charge in [-0.25, -0.2) is 0 Å². The van der Waals surface area contributed by atoms with Gasteiger partial charge in [-0.1, -0.05) is 129 Å². The van der Waals surface area contributed by atoms with Crippen molar-refractivity contribution in [1.82, 2.24) is 0 Å². The third-order valence-corrected chi connectivity index (χ3v) is 9.88. The summed E-state index contributed by atoms with van der Waals surface area (Å²) < 4.78 is 6.22. The molecular weight excluding hydrogens is 571 g/mol. The minimum absolute atomic E-state index is 0.106. The van der Waals surface area contributed by atoms with E-state index in [1.807, 2.05) is 12.1 Å². The fraction of sp³-hybridized carbons (Fsp3) is 0.0667. The van der Waals surface area contributed by atoms with Crippen molar-refractivity contribution in [1.29, 1.82) is 0 Å². The summed E-state index contributed by atoms with van der Waals surface area (Å²) in [6.07, 6.45) is 0. The predicted octanol–water partition coefficient (Wildman–Crippen LogP) is 12.7. The number of hydrogen-bond acceptors (Lipinski definition) is 2. The molecule has 0 saturated heterocycles. The van der Waals surface area contributed by atoms with Crippen molar-refractivity contribution < 1.29 is 4.42 Å². The van der Waals surface area contributed by atoms with Gasteiger partial charge in [-0.15, -0.1) is 0 Å². The lowest BCUT2D eigenvalue weighted by atomic mass is 9.82. The van der Waals surface area contributed by atoms with Crippen molar-refractivity contribution in [3.63, 3.8) is 0 Å². The van der Waals surface area contributed by atoms with Gasteiger partial charge < -0.3 is 9.32 Å². The number of rotatable bonds is 5. The van der Waals surface area contributed by atoms with Crippen molar-refractivity contribution >= 4 is 39.0 Å². The van der Waals surface area contributed by atoms with Crippen LogP contribution in [0.4, 0.5) is 17.1 Å². The molecule has 1 aromatic heterocycles. The lowest BCUT2D eigenvalue weighted by molar-refractivity contribution is 0.660. The number of benzene rings is 7. The molecule has 2 heteroatoms. The molecule has 0 bridgehead atoms. The van der Waals surface area contributed by atoms with Gasteiger partial charge in [0.15, 0.2) is 0 Å². The normalized spacial score (nSPS) is 13.1. The zero-order chi connectivity index (χ0) is 31.5. The van der Waals surface area contributed by atoms with Crippen molar-refractivity contribution in [2.75, 3.05) is 4.90 Å². The van der Waals surface area contributed by atoms with Crippen molar-refractivity contribution in [3.05, 3.63) is 175 Å². The van der Waals surface area contributed by atoms with Crippen LogP contribution in [0.15, 0.2) is 168 Å². The first-order valence-electron chi connectivity index (χ1n) is 16.3. The Morgan fingerprint density at radius 2 is 1.04 bits per heavy atom. The van der Waals surface area contributed by atoms with Gasteiger partial charge >= 0.3 is 0 Å². The van der Waals surface area contributed by atoms with Gasteiger partial charge in [0, 0.05) is 33.2 Å². The van der Waals surface area contributed by atoms with Gasteiger partial charge in [0.2, 0.25) is 0 Å². The van der Waals surface area contributed by atoms with Crippen molar-refractivity contribution in [2.24, 2.45) is 0 Å². The van der Waals surface area contributed by atoms with E-state index in [1.54, 1.807) is 0 Å². The van der Waals surface area contributed by atoms with E-state index in [1.165, 1.54) is 44.5 Å². The highest BCUT2D eigenvalue weighted by molar-refractivity contribution is 6.06. The van der Waals surface area contributed by atoms with Crippen molar-refractivity contribution in [2.45, 2.75) is 19.3 Å². The number of anilines is 3. The number of fused-ring (bicyclic) bond motifs is 6. The standard InChI is InChI=1S/C45H33NO/c1-45(2)40-26-24-34(29-39(40)44-36(17-11-18-41(44)45)32-14-7-4-8-15-32)46(33-22-20-31(21-23-33)30-12-5-3-6-13-30)35-25-27-43-38(28-35)37-16-9-10-19-42(37)47-43/h3-29H,1-2H3. The second-order valence-electron chi connectivity index (χ2n) is 13.0. The molecule has 1 aliphatic rings. The van der Waals surface area contributed by atoms with Crippen LogP contribution < -0.4 is 4.90 Å². The second-order valence-corrected chi connectivity index (χ2v) is 13.0. The van der Waals surface area contributed by atoms with Gasteiger partial charge in [-0.2, -0.15) is 0 Å². The third-order valence-electron chi connectivity index (χ3n) is 9.88. The minimum Gasteiger partial charge on any atom is -0.456 e. The monoisotopic (exact) mass is 603 g/mol. The fourth-order valence-electron chi connectivity index (χ4n) is 7.52. The number of furan rings is 1. The molecule has 0 N–H and O–H groups in total. The minimum atomic E-state index is -0.106. The fourth-order valence-corrected chi connectivity index (χ4v) is 7.52. The average Bonchev–Trinajstić information content (AvgIpc) is 3.61. The van der Waals surface area contributed by atoms with E-state index >= 15 is 0 Å². The first-order valence-corrected chi connectivity index (χ1v) is 16.3. The first-order chi connectivity index (χ1) is 23.1. The Morgan fingerprint density at radius 3 is 1.83 bits per heavy atom. The van der Waals surface area contributed by atoms with Crippen LogP contribution in [0.3, 0.4) is 0 Å². The van der Waals surface area contributed by atoms with Gasteiger partial charge in [-0.3, -0.25) is 0 Å². The number of hydrogen-bond donors (Lipinski definition) is 0. The molecule has 0 aliphatic heterocycles. The summed E-state index contributed by atoms with van der Waals surface area (Å²) in [5.41, 5.74) is 15.3. The maximum atomic E-state index is 6.22. The molecule has 47 heavy (non-hydrogen) atoms. The molecule has 0 amide bonds. The van der Waals surface area contributed by atoms with Gasteiger partial charge in [-0.05, 0) is 93.0 Å². The Morgan fingerprint density at radius 1 is 0.426 bits per heavy atom. The van der Waals surface area contributed by atoms with Crippen LogP contribution in [0.5, 0.6) is 0 Å². The molecule has 8 aromatic rings. The predicted molar refractivity (Wildman–Crippen MR) is 197 cm³/mol. The quantitative estimate of drug-likeness (QED) is 0.195. The van der Waals surface area contributed by atoms with Crippen LogP contribution in [0.1, 0.15) is 25.0 Å². The van der Waals surface area contributed by atoms with Gasteiger partial charge in [0.1, 0.15) is 11.2 Å². The van der Waals surface area contributed by atoms with Crippen molar-refractivity contribution in [3.8, 4) is 33.4 Å². The molecular formula is C45H33NO. The Bertz CT molecular complexity index is 2420.